The Balaban J connectivity index is 1.88. The van der Waals surface area contributed by atoms with E-state index < -0.39 is 183 Å². The normalized spacial score (nSPS) is 43.1. The molecule has 0 aliphatic carbocycles. The number of carbonyl (C=O) groups is 2. The maximum atomic E-state index is 13.5. The highest BCUT2D eigenvalue weighted by molar-refractivity contribution is 5.87. The summed E-state index contributed by atoms with van der Waals surface area (Å²) in [4.78, 5) is 25.5. The molecule has 3 aliphatic rings. The minimum absolute atomic E-state index is 0.118. The second kappa shape index (κ2) is 36.3. The zero-order valence-electron chi connectivity index (χ0n) is 50.0. The summed E-state index contributed by atoms with van der Waals surface area (Å²) in [6, 6.07) is 0. The predicted molar refractivity (Wildman–Crippen MR) is 305 cm³/mol. The summed E-state index contributed by atoms with van der Waals surface area (Å²) in [6.07, 6.45) is -13.0. The fraction of sp³-hybridized carbons (Fsp3) is 0.803. The van der Waals surface area contributed by atoms with E-state index >= 15 is 0 Å². The number of rotatable bonds is 5. The number of hydrogen-bond acceptors (Lipinski definition) is 22. The summed E-state index contributed by atoms with van der Waals surface area (Å²) in [5.74, 6) is -5.08. The second-order valence-electron chi connectivity index (χ2n) is 24.3. The summed E-state index contributed by atoms with van der Waals surface area (Å²) >= 11 is 0. The van der Waals surface area contributed by atoms with Gasteiger partial charge in [-0.05, 0) is 76.7 Å². The molecule has 0 spiro atoms. The molecule has 0 radical (unpaired) electrons. The van der Waals surface area contributed by atoms with E-state index in [-0.39, 0.29) is 49.6 Å². The van der Waals surface area contributed by atoms with Crippen LogP contribution in [0, 0.1) is 41.4 Å². The van der Waals surface area contributed by atoms with Crippen LogP contribution < -0.4 is 0 Å². The molecule has 0 aromatic heterocycles. The third-order valence-corrected chi connectivity index (χ3v) is 17.2. The third kappa shape index (κ3) is 23.9. The van der Waals surface area contributed by atoms with Crippen LogP contribution in [0.2, 0.25) is 0 Å². The monoisotopic (exact) mass is 1190 g/mol. The van der Waals surface area contributed by atoms with Crippen molar-refractivity contribution in [2.45, 2.75) is 262 Å². The van der Waals surface area contributed by atoms with Crippen molar-refractivity contribution < 1.29 is 110 Å². The lowest BCUT2D eigenvalue weighted by Gasteiger charge is -2.41. The van der Waals surface area contributed by atoms with Gasteiger partial charge in [-0.25, -0.2) is 4.79 Å². The second-order valence-corrected chi connectivity index (χ2v) is 24.3. The standard InChI is InChI=1S/C61H104O22/c1-31-14-10-11-18-45(68)36(6)55(74)32(2)15-12-16-34(4)60(79)81-49(39(9)50-22-23-53(72)80-50)19-13-17-40(63)25-41(64)27-46(69)37(7)56(75)38(8)47(70)28-42(65)26-43(66)29-48(71)51(24-35(5)54(73)33(3)20-21-44(31)67)82-61-59(78)58(77)57(76)52(30-62)83-61/h10,13-14,16-17,20-21,24,31-33,36-52,54-59,61-71,73-78H,11-12,15,18-19,22-23,25-30H2,1-9H3/t31-,32-,33-,36+,37-,38-,39-,40-,41+,42+,43+,44-,45-,46-,47-,48-,49-,50+,51-,52-,54+,55+,56-,57-,58+,59+,61+/m1/s1. The Morgan fingerprint density at radius 1 is 0.578 bits per heavy atom. The number of cyclic esters (lactones) is 2. The number of aliphatic hydroxyl groups is 16. The highest BCUT2D eigenvalue weighted by Gasteiger charge is 2.46. The molecule has 22 nitrogen and oxygen atoms in total. The van der Waals surface area contributed by atoms with Gasteiger partial charge >= 0.3 is 11.9 Å². The first-order valence-corrected chi connectivity index (χ1v) is 29.8. The highest BCUT2D eigenvalue weighted by Crippen LogP contribution is 2.31. The van der Waals surface area contributed by atoms with Crippen molar-refractivity contribution in [3.63, 3.8) is 0 Å². The van der Waals surface area contributed by atoms with Crippen molar-refractivity contribution in [3.05, 3.63) is 59.8 Å². The first-order valence-electron chi connectivity index (χ1n) is 29.8. The molecule has 0 amide bonds. The van der Waals surface area contributed by atoms with Gasteiger partial charge in [-0.1, -0.05) is 97.1 Å². The van der Waals surface area contributed by atoms with Gasteiger partial charge in [0.25, 0.3) is 0 Å². The van der Waals surface area contributed by atoms with E-state index in [9.17, 15) is 91.3 Å². The summed E-state index contributed by atoms with van der Waals surface area (Å²) in [5.41, 5.74) is 0.540. The van der Waals surface area contributed by atoms with Crippen LogP contribution in [0.5, 0.6) is 0 Å². The van der Waals surface area contributed by atoms with E-state index in [0.717, 1.165) is 0 Å². The van der Waals surface area contributed by atoms with Crippen molar-refractivity contribution in [1.82, 2.24) is 0 Å². The Morgan fingerprint density at radius 2 is 1.17 bits per heavy atom. The molecule has 2 fully saturated rings. The predicted octanol–water partition coefficient (Wildman–Crippen LogP) is 1.05. The Morgan fingerprint density at radius 3 is 1.76 bits per heavy atom. The molecule has 0 bridgehead atoms. The average Bonchev–Trinajstić information content (AvgIpc) is 4.00. The van der Waals surface area contributed by atoms with Crippen molar-refractivity contribution >= 4 is 11.9 Å². The van der Waals surface area contributed by atoms with Crippen LogP contribution in [-0.2, 0) is 28.5 Å². The maximum Gasteiger partial charge on any atom is 0.333 e. The first-order chi connectivity index (χ1) is 38.9. The molecule has 22 heteroatoms. The van der Waals surface area contributed by atoms with Crippen LogP contribution >= 0.6 is 0 Å². The van der Waals surface area contributed by atoms with E-state index in [1.165, 1.54) is 39.0 Å². The smallest absolute Gasteiger partial charge is 0.333 e. The molecular weight excluding hydrogens is 1080 g/mol. The van der Waals surface area contributed by atoms with E-state index in [1.54, 1.807) is 58.9 Å². The molecule has 480 valence electrons. The van der Waals surface area contributed by atoms with Crippen LogP contribution in [0.3, 0.4) is 0 Å². The molecule has 0 aromatic rings. The fourth-order valence-electron chi connectivity index (χ4n) is 10.9. The average molecular weight is 1190 g/mol. The van der Waals surface area contributed by atoms with Gasteiger partial charge in [-0.15, -0.1) is 0 Å². The number of esters is 2. The van der Waals surface area contributed by atoms with E-state index in [4.69, 9.17) is 18.9 Å². The molecular formula is C61H104O22. The van der Waals surface area contributed by atoms with Gasteiger partial charge in [0, 0.05) is 66.8 Å². The van der Waals surface area contributed by atoms with Gasteiger partial charge < -0.3 is 101 Å². The van der Waals surface area contributed by atoms with Crippen molar-refractivity contribution in [1.29, 1.82) is 0 Å². The summed E-state index contributed by atoms with van der Waals surface area (Å²) in [5, 5.41) is 175. The van der Waals surface area contributed by atoms with Crippen LogP contribution in [0.15, 0.2) is 59.8 Å². The van der Waals surface area contributed by atoms with Gasteiger partial charge in [0.2, 0.25) is 0 Å². The number of aliphatic hydroxyl groups excluding tert-OH is 16. The molecule has 2 saturated heterocycles. The fourth-order valence-corrected chi connectivity index (χ4v) is 10.9. The molecule has 27 atom stereocenters. The van der Waals surface area contributed by atoms with Crippen LogP contribution in [0.4, 0.5) is 0 Å². The molecule has 0 aromatic carbocycles. The third-order valence-electron chi connectivity index (χ3n) is 17.2. The van der Waals surface area contributed by atoms with Gasteiger partial charge in [0.05, 0.1) is 79.9 Å². The summed E-state index contributed by atoms with van der Waals surface area (Å²) in [6.45, 7) is 14.2. The Kier molecular flexibility index (Phi) is 32.4. The van der Waals surface area contributed by atoms with Crippen LogP contribution in [-0.4, -0.2) is 223 Å². The lowest BCUT2D eigenvalue weighted by molar-refractivity contribution is -0.313. The summed E-state index contributed by atoms with van der Waals surface area (Å²) < 4.78 is 22.9. The zero-order chi connectivity index (χ0) is 62.6. The Hall–Kier alpha value is -3.08. The topological polar surface area (TPSA) is 395 Å². The largest absolute Gasteiger partial charge is 0.462 e. The maximum absolute atomic E-state index is 13.5. The number of ether oxygens (including phenoxy) is 4. The molecule has 0 unspecified atom stereocenters. The van der Waals surface area contributed by atoms with Crippen molar-refractivity contribution in [2.24, 2.45) is 41.4 Å². The van der Waals surface area contributed by atoms with Crippen molar-refractivity contribution in [2.75, 3.05) is 6.61 Å². The van der Waals surface area contributed by atoms with E-state index in [1.807, 2.05) is 13.0 Å². The lowest BCUT2D eigenvalue weighted by Crippen LogP contribution is -2.60. The highest BCUT2D eigenvalue weighted by atomic mass is 16.7. The molecule has 3 aliphatic heterocycles. The molecule has 3 heterocycles. The first kappa shape index (κ1) is 74.2. The van der Waals surface area contributed by atoms with E-state index in [0.29, 0.717) is 37.7 Å². The minimum Gasteiger partial charge on any atom is -0.462 e. The summed E-state index contributed by atoms with van der Waals surface area (Å²) in [7, 11) is 0. The molecule has 83 heavy (non-hydrogen) atoms. The minimum atomic E-state index is -1.88. The Bertz CT molecular complexity index is 2050. The zero-order valence-corrected chi connectivity index (χ0v) is 50.0. The van der Waals surface area contributed by atoms with Gasteiger partial charge in [-0.3, -0.25) is 4.79 Å². The van der Waals surface area contributed by atoms with Gasteiger partial charge in [0.15, 0.2) is 6.29 Å². The SMILES string of the molecule is CC1=CCC[C@@H](C)[C@H](O)[C@@H](C)[C@H](O)CCC=C[C@@H](C)[C@H](O)C=C[C@@H](C)[C@H](O)C(C)=C[C@@H](O[C@H]2O[C@H](CO)[C@@H](O)[C@H](O)[C@@H]2O)[C@H](O)C[C@@H](O)C[C@H](O)C[C@@H](O)[C@@H](C)[C@H](O)[C@H](C)[C@H](O)C[C@@H](O)C[C@H](O)C=CC[C@H]([C@@H](C)[C@@H]2CCC(=O)O2)OC1=O. The Labute approximate surface area is 490 Å². The molecule has 0 saturated carbocycles. The molecule has 3 rings (SSSR count). The molecule has 16 N–H and O–H groups in total. The van der Waals surface area contributed by atoms with E-state index in [2.05, 4.69) is 0 Å². The quantitative estimate of drug-likeness (QED) is 0.135. The number of carbonyl (C=O) groups excluding carboxylic acids is 2. The van der Waals surface area contributed by atoms with Gasteiger partial charge in [0.1, 0.15) is 42.7 Å². The van der Waals surface area contributed by atoms with Crippen molar-refractivity contribution in [3.8, 4) is 0 Å². The van der Waals surface area contributed by atoms with Gasteiger partial charge in [-0.2, -0.15) is 0 Å². The lowest BCUT2D eigenvalue weighted by atomic mass is 9.82. The number of hydrogen-bond donors (Lipinski definition) is 16. The number of allylic oxidation sites excluding steroid dienone is 2. The van der Waals surface area contributed by atoms with Crippen LogP contribution in [0.1, 0.15) is 139 Å². The van der Waals surface area contributed by atoms with Crippen LogP contribution in [0.25, 0.3) is 0 Å².